The zero-order chi connectivity index (χ0) is 25.9. The number of thiocarbonyl (C=S) groups is 1. The van der Waals surface area contributed by atoms with Gasteiger partial charge in [-0.25, -0.2) is 0 Å². The minimum absolute atomic E-state index is 0.0545. The van der Waals surface area contributed by atoms with Gasteiger partial charge in [0.2, 0.25) is 0 Å². The number of hydrogen-bond acceptors (Lipinski definition) is 6. The predicted molar refractivity (Wildman–Crippen MR) is 144 cm³/mol. The van der Waals surface area contributed by atoms with Crippen LogP contribution in [-0.2, 0) is 6.54 Å². The van der Waals surface area contributed by atoms with Gasteiger partial charge in [0.1, 0.15) is 30.5 Å². The Morgan fingerprint density at radius 2 is 1.51 bits per heavy atom. The second-order valence-corrected chi connectivity index (χ2v) is 8.16. The molecule has 0 fully saturated rings. The van der Waals surface area contributed by atoms with E-state index in [1.807, 2.05) is 30.3 Å². The van der Waals surface area contributed by atoms with Crippen LogP contribution in [0.1, 0.15) is 26.5 Å². The van der Waals surface area contributed by atoms with Crippen molar-refractivity contribution >= 4 is 34.8 Å². The van der Waals surface area contributed by atoms with Crippen LogP contribution in [0.15, 0.2) is 102 Å². The van der Waals surface area contributed by atoms with E-state index < -0.39 is 5.91 Å². The van der Waals surface area contributed by atoms with Gasteiger partial charge >= 0.3 is 0 Å². The Hall–Kier alpha value is -4.63. The molecule has 0 saturated heterocycles. The fourth-order valence-corrected chi connectivity index (χ4v) is 3.56. The second kappa shape index (κ2) is 12.9. The van der Waals surface area contributed by atoms with Crippen LogP contribution in [0.25, 0.3) is 0 Å². The van der Waals surface area contributed by atoms with Crippen LogP contribution < -0.4 is 25.4 Å². The number of benzene rings is 3. The third-order valence-electron chi connectivity index (χ3n) is 5.11. The van der Waals surface area contributed by atoms with Crippen LogP contribution >= 0.6 is 12.2 Å². The lowest BCUT2D eigenvalue weighted by atomic mass is 10.1. The van der Waals surface area contributed by atoms with E-state index in [9.17, 15) is 9.59 Å². The highest BCUT2D eigenvalue weighted by molar-refractivity contribution is 7.80. The van der Waals surface area contributed by atoms with Crippen molar-refractivity contribution in [1.82, 2.24) is 10.6 Å². The number of carbonyl (C=O) groups excluding carboxylic acids is 2. The summed E-state index contributed by atoms with van der Waals surface area (Å²) in [5, 5.41) is 8.41. The molecule has 0 bridgehead atoms. The number of nitrogens with one attached hydrogen (secondary N) is 3. The summed E-state index contributed by atoms with van der Waals surface area (Å²) in [4.78, 5) is 25.4. The van der Waals surface area contributed by atoms with Crippen LogP contribution in [0.5, 0.6) is 11.5 Å². The summed E-state index contributed by atoms with van der Waals surface area (Å²) >= 11 is 5.32. The van der Waals surface area contributed by atoms with Gasteiger partial charge in [-0.3, -0.25) is 14.9 Å². The van der Waals surface area contributed by atoms with Crippen LogP contribution in [0.2, 0.25) is 0 Å². The van der Waals surface area contributed by atoms with Crippen LogP contribution in [0.4, 0.5) is 5.69 Å². The Labute approximate surface area is 219 Å². The molecule has 0 atom stereocenters. The standard InChI is InChI=1S/C28H25N3O5S/c32-26(20-8-6-11-22(18-20)36-17-16-35-21-9-2-1-3-10-21)31-28(37)30-25-14-5-4-13-24(25)27(33)29-19-23-12-7-15-34-23/h1-15,18H,16-17,19H2,(H,29,33)(H2,30,31,32,37). The van der Waals surface area contributed by atoms with E-state index in [0.717, 1.165) is 5.75 Å². The molecule has 4 aromatic rings. The Balaban J connectivity index is 1.28. The summed E-state index contributed by atoms with van der Waals surface area (Å²) in [6, 6.07) is 26.6. The lowest BCUT2D eigenvalue weighted by Crippen LogP contribution is -2.35. The third kappa shape index (κ3) is 7.68. The Morgan fingerprint density at radius 3 is 2.30 bits per heavy atom. The molecule has 0 aliphatic rings. The van der Waals surface area contributed by atoms with Gasteiger partial charge < -0.3 is 24.5 Å². The van der Waals surface area contributed by atoms with E-state index in [2.05, 4.69) is 16.0 Å². The summed E-state index contributed by atoms with van der Waals surface area (Å²) in [7, 11) is 0. The fraction of sp³-hybridized carbons (Fsp3) is 0.107. The van der Waals surface area contributed by atoms with Crippen molar-refractivity contribution in [1.29, 1.82) is 0 Å². The first kappa shape index (κ1) is 25.5. The number of para-hydroxylation sites is 2. The fourth-order valence-electron chi connectivity index (χ4n) is 3.36. The molecule has 4 rings (SSSR count). The molecule has 0 spiro atoms. The van der Waals surface area contributed by atoms with E-state index in [4.69, 9.17) is 26.1 Å². The molecule has 3 aromatic carbocycles. The van der Waals surface area contributed by atoms with Crippen molar-refractivity contribution in [2.24, 2.45) is 0 Å². The smallest absolute Gasteiger partial charge is 0.257 e. The van der Waals surface area contributed by atoms with E-state index in [1.165, 1.54) is 0 Å². The van der Waals surface area contributed by atoms with Crippen LogP contribution in [0.3, 0.4) is 0 Å². The molecule has 0 aliphatic carbocycles. The molecular formula is C28H25N3O5S. The average molecular weight is 516 g/mol. The topological polar surface area (TPSA) is 102 Å². The van der Waals surface area contributed by atoms with Gasteiger partial charge in [-0.05, 0) is 66.8 Å². The Bertz CT molecular complexity index is 1340. The van der Waals surface area contributed by atoms with Gasteiger partial charge in [-0.1, -0.05) is 36.4 Å². The molecule has 8 nitrogen and oxygen atoms in total. The lowest BCUT2D eigenvalue weighted by molar-refractivity contribution is 0.0947. The SMILES string of the molecule is O=C(NC(=S)Nc1ccccc1C(=O)NCc1ccco1)c1cccc(OCCOc2ccccc2)c1. The van der Waals surface area contributed by atoms with Gasteiger partial charge in [0, 0.05) is 5.56 Å². The van der Waals surface area contributed by atoms with Gasteiger partial charge in [0.05, 0.1) is 24.1 Å². The molecule has 2 amide bonds. The number of furan rings is 1. The third-order valence-corrected chi connectivity index (χ3v) is 5.31. The summed E-state index contributed by atoms with van der Waals surface area (Å²) in [5.41, 5.74) is 1.20. The van der Waals surface area contributed by atoms with Crippen LogP contribution in [0, 0.1) is 0 Å². The highest BCUT2D eigenvalue weighted by atomic mass is 32.1. The monoisotopic (exact) mass is 515 g/mol. The molecule has 1 heterocycles. The summed E-state index contributed by atoms with van der Waals surface area (Å²) in [6.07, 6.45) is 1.54. The van der Waals surface area contributed by atoms with Crippen molar-refractivity contribution < 1.29 is 23.5 Å². The normalized spacial score (nSPS) is 10.3. The van der Waals surface area contributed by atoms with Crippen molar-refractivity contribution in [2.75, 3.05) is 18.5 Å². The molecule has 9 heteroatoms. The highest BCUT2D eigenvalue weighted by Gasteiger charge is 2.14. The molecule has 0 radical (unpaired) electrons. The van der Waals surface area contributed by atoms with E-state index >= 15 is 0 Å². The average Bonchev–Trinajstić information content (AvgIpc) is 3.45. The molecule has 0 saturated carbocycles. The maximum Gasteiger partial charge on any atom is 0.257 e. The summed E-state index contributed by atoms with van der Waals surface area (Å²) < 4.78 is 16.6. The summed E-state index contributed by atoms with van der Waals surface area (Å²) in [6.45, 7) is 0.930. The Kier molecular flexibility index (Phi) is 8.87. The first-order chi connectivity index (χ1) is 18.1. The van der Waals surface area contributed by atoms with E-state index in [-0.39, 0.29) is 17.6 Å². The number of rotatable bonds is 10. The largest absolute Gasteiger partial charge is 0.490 e. The van der Waals surface area contributed by atoms with Crippen molar-refractivity contribution in [3.63, 3.8) is 0 Å². The van der Waals surface area contributed by atoms with E-state index in [1.54, 1.807) is 66.9 Å². The molecule has 3 N–H and O–H groups in total. The van der Waals surface area contributed by atoms with Gasteiger partial charge in [0.25, 0.3) is 11.8 Å². The maximum atomic E-state index is 12.8. The quantitative estimate of drug-likeness (QED) is 0.206. The number of anilines is 1. The van der Waals surface area contributed by atoms with Crippen LogP contribution in [-0.4, -0.2) is 30.1 Å². The first-order valence-corrected chi connectivity index (χ1v) is 11.9. The zero-order valence-corrected chi connectivity index (χ0v) is 20.6. The molecule has 188 valence electrons. The van der Waals surface area contributed by atoms with E-state index in [0.29, 0.717) is 41.5 Å². The number of amides is 2. The molecule has 0 aliphatic heterocycles. The van der Waals surface area contributed by atoms with Gasteiger partial charge in [-0.2, -0.15) is 0 Å². The molecule has 0 unspecified atom stereocenters. The molecule has 1 aromatic heterocycles. The van der Waals surface area contributed by atoms with Crippen molar-refractivity contribution in [3.05, 3.63) is 114 Å². The predicted octanol–water partition coefficient (Wildman–Crippen LogP) is 4.79. The molecule has 37 heavy (non-hydrogen) atoms. The zero-order valence-electron chi connectivity index (χ0n) is 19.8. The number of carbonyl (C=O) groups is 2. The minimum Gasteiger partial charge on any atom is -0.490 e. The first-order valence-electron chi connectivity index (χ1n) is 11.5. The Morgan fingerprint density at radius 1 is 0.784 bits per heavy atom. The maximum absolute atomic E-state index is 12.8. The van der Waals surface area contributed by atoms with Gasteiger partial charge in [-0.15, -0.1) is 0 Å². The number of ether oxygens (including phenoxy) is 2. The lowest BCUT2D eigenvalue weighted by Gasteiger charge is -2.14. The van der Waals surface area contributed by atoms with Gasteiger partial charge in [0.15, 0.2) is 5.11 Å². The van der Waals surface area contributed by atoms with Crippen molar-refractivity contribution in [3.8, 4) is 11.5 Å². The number of hydrogen-bond donors (Lipinski definition) is 3. The minimum atomic E-state index is -0.414. The van der Waals surface area contributed by atoms with Crippen molar-refractivity contribution in [2.45, 2.75) is 6.54 Å². The molecular weight excluding hydrogens is 490 g/mol. The highest BCUT2D eigenvalue weighted by Crippen LogP contribution is 2.17. The summed E-state index contributed by atoms with van der Waals surface area (Å²) in [5.74, 6) is 1.20. The second-order valence-electron chi connectivity index (χ2n) is 7.75.